The number of nitrogens with one attached hydrogen (secondary N) is 2. The molecule has 36 heavy (non-hydrogen) atoms. The van der Waals surface area contributed by atoms with Crippen molar-refractivity contribution in [3.8, 4) is 17.1 Å². The van der Waals surface area contributed by atoms with Crippen LogP contribution in [0.5, 0.6) is 5.75 Å². The summed E-state index contributed by atoms with van der Waals surface area (Å²) in [5, 5.41) is 6.75. The van der Waals surface area contributed by atoms with E-state index in [2.05, 4.69) is 15.6 Å². The molecule has 2 N–H and O–H groups in total. The minimum atomic E-state index is -0.356. The Morgan fingerprint density at radius 2 is 1.83 bits per heavy atom. The summed E-state index contributed by atoms with van der Waals surface area (Å²) in [5.74, 6) is 2.05. The zero-order chi connectivity index (χ0) is 24.9. The molecule has 2 aromatic heterocycles. The van der Waals surface area contributed by atoms with Crippen LogP contribution in [-0.2, 0) is 4.79 Å². The number of furan rings is 1. The number of carbonyl (C=O) groups is 1. The first kappa shape index (κ1) is 23.6. The number of ether oxygens (including phenoxy) is 1. The summed E-state index contributed by atoms with van der Waals surface area (Å²) in [6.07, 6.45) is 1.75. The van der Waals surface area contributed by atoms with E-state index in [-0.39, 0.29) is 24.5 Å². The van der Waals surface area contributed by atoms with Gasteiger partial charge in [0.25, 0.3) is 0 Å². The average molecular weight is 499 g/mol. The molecule has 5 rings (SSSR count). The molecule has 0 radical (unpaired) electrons. The number of hydrogen-bond acceptors (Lipinski definition) is 5. The van der Waals surface area contributed by atoms with Crippen LogP contribution in [0, 0.1) is 0 Å². The minimum absolute atomic E-state index is 0.0633. The van der Waals surface area contributed by atoms with Crippen LogP contribution < -0.4 is 15.4 Å². The molecule has 0 unspecified atom stereocenters. The lowest BCUT2D eigenvalue weighted by atomic mass is 10.0. The Balaban J connectivity index is 1.43. The second-order valence-corrected chi connectivity index (χ2v) is 8.71. The van der Waals surface area contributed by atoms with Crippen molar-refractivity contribution in [1.82, 2.24) is 15.2 Å². The number of para-hydroxylation sites is 1. The third kappa shape index (κ3) is 5.08. The molecule has 8 heteroatoms. The van der Waals surface area contributed by atoms with Crippen LogP contribution >= 0.6 is 12.2 Å². The molecule has 1 fully saturated rings. The summed E-state index contributed by atoms with van der Waals surface area (Å²) >= 11 is 5.67. The van der Waals surface area contributed by atoms with Gasteiger partial charge in [-0.25, -0.2) is 0 Å². The topological polar surface area (TPSA) is 79.6 Å². The van der Waals surface area contributed by atoms with Gasteiger partial charge in [-0.1, -0.05) is 24.3 Å². The first-order chi connectivity index (χ1) is 17.6. The number of amides is 1. The number of thiocarbonyl (C=S) groups is 1. The predicted octanol–water partition coefficient (Wildman–Crippen LogP) is 5.35. The molecule has 0 saturated carbocycles. The molecule has 0 aliphatic carbocycles. The highest BCUT2D eigenvalue weighted by Crippen LogP contribution is 2.40. The summed E-state index contributed by atoms with van der Waals surface area (Å²) in [6.45, 7) is 2.63. The number of hydrogen-bond donors (Lipinski definition) is 2. The van der Waals surface area contributed by atoms with E-state index in [1.807, 2.05) is 96.8 Å². The maximum atomic E-state index is 12.9. The van der Waals surface area contributed by atoms with Gasteiger partial charge in [0, 0.05) is 17.4 Å². The Morgan fingerprint density at radius 3 is 2.56 bits per heavy atom. The number of benzene rings is 2. The molecular formula is C28H26N4O3S. The Kier molecular flexibility index (Phi) is 6.95. The Hall–Kier alpha value is -4.17. The summed E-state index contributed by atoms with van der Waals surface area (Å²) in [5.41, 5.74) is 2.48. The SMILES string of the molecule is CCOc1ccc(-c2ccc([C@H]3[C@H](c4ccccn4)NC(=S)N3CC(=O)Nc3ccccc3)o2)cc1. The lowest BCUT2D eigenvalue weighted by Gasteiger charge is -2.25. The summed E-state index contributed by atoms with van der Waals surface area (Å²) < 4.78 is 11.9. The van der Waals surface area contributed by atoms with E-state index < -0.39 is 0 Å². The maximum Gasteiger partial charge on any atom is 0.244 e. The van der Waals surface area contributed by atoms with Crippen molar-refractivity contribution in [2.45, 2.75) is 19.0 Å². The fourth-order valence-electron chi connectivity index (χ4n) is 4.31. The molecular weight excluding hydrogens is 472 g/mol. The first-order valence-electron chi connectivity index (χ1n) is 11.8. The Morgan fingerprint density at radius 1 is 1.06 bits per heavy atom. The van der Waals surface area contributed by atoms with Crippen molar-refractivity contribution in [3.63, 3.8) is 0 Å². The number of pyridine rings is 1. The van der Waals surface area contributed by atoms with Crippen LogP contribution in [0.25, 0.3) is 11.3 Å². The number of rotatable bonds is 8. The van der Waals surface area contributed by atoms with E-state index in [9.17, 15) is 4.79 Å². The van der Waals surface area contributed by atoms with E-state index >= 15 is 0 Å². The van der Waals surface area contributed by atoms with Crippen LogP contribution in [0.4, 0.5) is 5.69 Å². The van der Waals surface area contributed by atoms with Gasteiger partial charge in [-0.05, 0) is 79.8 Å². The highest BCUT2D eigenvalue weighted by Gasteiger charge is 2.42. The van der Waals surface area contributed by atoms with E-state index in [1.54, 1.807) is 6.20 Å². The third-order valence-corrected chi connectivity index (χ3v) is 6.29. The third-order valence-electron chi connectivity index (χ3n) is 5.94. The van der Waals surface area contributed by atoms with Crippen LogP contribution in [-0.4, -0.2) is 34.1 Å². The smallest absolute Gasteiger partial charge is 0.244 e. The van der Waals surface area contributed by atoms with Crippen molar-refractivity contribution in [1.29, 1.82) is 0 Å². The van der Waals surface area contributed by atoms with E-state index in [4.69, 9.17) is 21.4 Å². The molecule has 1 saturated heterocycles. The summed E-state index contributed by atoms with van der Waals surface area (Å²) in [4.78, 5) is 19.3. The highest BCUT2D eigenvalue weighted by molar-refractivity contribution is 7.80. The molecule has 1 aliphatic rings. The molecule has 0 spiro atoms. The van der Waals surface area contributed by atoms with E-state index in [0.717, 1.165) is 28.5 Å². The lowest BCUT2D eigenvalue weighted by Crippen LogP contribution is -2.36. The molecule has 2 aromatic carbocycles. The largest absolute Gasteiger partial charge is 0.494 e. The van der Waals surface area contributed by atoms with Crippen LogP contribution in [0.2, 0.25) is 0 Å². The molecule has 2 atom stereocenters. The van der Waals surface area contributed by atoms with Gasteiger partial charge in [0.05, 0.1) is 18.3 Å². The quantitative estimate of drug-likeness (QED) is 0.317. The van der Waals surface area contributed by atoms with Gasteiger partial charge in [0.2, 0.25) is 5.91 Å². The second-order valence-electron chi connectivity index (χ2n) is 8.33. The van der Waals surface area contributed by atoms with E-state index in [0.29, 0.717) is 17.5 Å². The van der Waals surface area contributed by atoms with Crippen molar-refractivity contribution in [2.24, 2.45) is 0 Å². The zero-order valence-corrected chi connectivity index (χ0v) is 20.6. The summed E-state index contributed by atoms with van der Waals surface area (Å²) in [6, 6.07) is 26.1. The van der Waals surface area contributed by atoms with Gasteiger partial charge >= 0.3 is 0 Å². The monoisotopic (exact) mass is 498 g/mol. The van der Waals surface area contributed by atoms with Crippen molar-refractivity contribution in [2.75, 3.05) is 18.5 Å². The summed E-state index contributed by atoms with van der Waals surface area (Å²) in [7, 11) is 0. The van der Waals surface area contributed by atoms with Crippen molar-refractivity contribution < 1.29 is 13.9 Å². The number of nitrogens with zero attached hydrogens (tertiary/aromatic N) is 2. The number of carbonyl (C=O) groups excluding carboxylic acids is 1. The molecule has 1 aliphatic heterocycles. The second kappa shape index (κ2) is 10.6. The number of anilines is 1. The first-order valence-corrected chi connectivity index (χ1v) is 12.2. The van der Waals surface area contributed by atoms with Gasteiger partial charge in [-0.2, -0.15) is 0 Å². The normalized spacial score (nSPS) is 17.0. The number of aromatic nitrogens is 1. The lowest BCUT2D eigenvalue weighted by molar-refractivity contribution is -0.116. The molecule has 0 bridgehead atoms. The van der Waals surface area contributed by atoms with Gasteiger partial charge in [-0.15, -0.1) is 0 Å². The van der Waals surface area contributed by atoms with Gasteiger partial charge in [0.15, 0.2) is 5.11 Å². The van der Waals surface area contributed by atoms with Gasteiger partial charge in [-0.3, -0.25) is 9.78 Å². The zero-order valence-electron chi connectivity index (χ0n) is 19.8. The highest BCUT2D eigenvalue weighted by atomic mass is 32.1. The standard InChI is InChI=1S/C28H26N4O3S/c1-2-34-21-13-11-19(12-14-21)23-15-16-24(35-23)27-26(22-10-6-7-17-29-22)31-28(36)32(27)18-25(33)30-20-8-4-3-5-9-20/h3-17,26-27H,2,18H2,1H3,(H,30,33)(H,31,36)/t26-,27-/m0/s1. The van der Waals surface area contributed by atoms with Gasteiger partial charge in [0.1, 0.15) is 29.9 Å². The fourth-order valence-corrected chi connectivity index (χ4v) is 4.62. The molecule has 4 aromatic rings. The molecule has 3 heterocycles. The van der Waals surface area contributed by atoms with Crippen molar-refractivity contribution in [3.05, 3.63) is 103 Å². The maximum absolute atomic E-state index is 12.9. The molecule has 1 amide bonds. The minimum Gasteiger partial charge on any atom is -0.494 e. The predicted molar refractivity (Wildman–Crippen MR) is 143 cm³/mol. The Labute approximate surface area is 215 Å². The molecule has 182 valence electrons. The van der Waals surface area contributed by atoms with Crippen molar-refractivity contribution >= 4 is 28.9 Å². The van der Waals surface area contributed by atoms with Crippen LogP contribution in [0.15, 0.2) is 95.5 Å². The van der Waals surface area contributed by atoms with Gasteiger partial charge < -0.3 is 24.7 Å². The fraction of sp³-hybridized carbons (Fsp3) is 0.179. The van der Waals surface area contributed by atoms with Crippen LogP contribution in [0.1, 0.15) is 30.5 Å². The van der Waals surface area contributed by atoms with Crippen LogP contribution in [0.3, 0.4) is 0 Å². The van der Waals surface area contributed by atoms with E-state index in [1.165, 1.54) is 0 Å². The average Bonchev–Trinajstić information content (AvgIpc) is 3.51. The Bertz CT molecular complexity index is 1330. The molecule has 7 nitrogen and oxygen atoms in total.